The van der Waals surface area contributed by atoms with Gasteiger partial charge in [0.25, 0.3) is 0 Å². The summed E-state index contributed by atoms with van der Waals surface area (Å²) >= 11 is 0. The maximum Gasteiger partial charge on any atom is 0.148 e. The predicted octanol–water partition coefficient (Wildman–Crippen LogP) is 16.9. The van der Waals surface area contributed by atoms with E-state index >= 15 is 0 Å². The number of hydrogen-bond donors (Lipinski definition) is 1. The van der Waals surface area contributed by atoms with Crippen molar-refractivity contribution in [3.05, 3.63) is 192 Å². The molecular weight excluding hydrogens is 1010 g/mol. The number of aromatic nitrogens is 3. The van der Waals surface area contributed by atoms with Gasteiger partial charge >= 0.3 is 0 Å². The number of imidazole rings is 1. The second kappa shape index (κ2) is 18.6. The molecule has 5 heteroatoms. The monoisotopic (exact) mass is 1070 g/mol. The molecular formula is C63H62N3OPt-. The summed E-state index contributed by atoms with van der Waals surface area (Å²) in [5.74, 6) is 1.04. The molecule has 9 rings (SSSR count). The first kappa shape index (κ1) is 48.1. The SMILES string of the molecule is CC(C)c1cc(C(C)(C)C)cc(-c2nc3c(-c4[c-]c(-c5cc(-c6cccc(-c7ccccc7)c6)ccn5)cc(C(C)(C)C)c4)cccc3n2-c2ccc(C(C)(C)C)cc2-c2ccccc2)c1O.[Pt]. The number of para-hydroxylation sites is 1. The normalized spacial score (nSPS) is 12.1. The first-order chi connectivity index (χ1) is 31.8. The van der Waals surface area contributed by atoms with Crippen LogP contribution in [-0.4, -0.2) is 19.6 Å². The smallest absolute Gasteiger partial charge is 0.148 e. The molecule has 0 saturated carbocycles. The van der Waals surface area contributed by atoms with Crippen LogP contribution in [0.4, 0.5) is 0 Å². The molecule has 2 heterocycles. The minimum absolute atomic E-state index is 0. The van der Waals surface area contributed by atoms with E-state index in [9.17, 15) is 5.11 Å². The van der Waals surface area contributed by atoms with Crippen LogP contribution in [0.3, 0.4) is 0 Å². The summed E-state index contributed by atoms with van der Waals surface area (Å²) in [6.07, 6.45) is 1.91. The molecule has 4 nitrogen and oxygen atoms in total. The standard InChI is InChI=1S/C63H62N3O.Pt/c1-40(2)52-38-50(63(9,10)11)39-54(59(52)67)60-65-58-51(26-19-27-57(58)66(60)56-29-28-48(61(3,4)5)37-53(56)42-22-16-13-17-23-42)46-33-47(35-49(34-46)62(6,7)8)55-36-45(30-31-64-55)44-25-18-24-43(32-44)41-20-14-12-15-21-41;/h12-32,34-40,67H,1-11H3;/q-1;. The van der Waals surface area contributed by atoms with Crippen molar-refractivity contribution in [2.24, 2.45) is 0 Å². The van der Waals surface area contributed by atoms with Crippen molar-refractivity contribution in [2.75, 3.05) is 0 Å². The van der Waals surface area contributed by atoms with Gasteiger partial charge in [0.15, 0.2) is 0 Å². The molecule has 1 N–H and O–H groups in total. The molecule has 0 radical (unpaired) electrons. The van der Waals surface area contributed by atoms with E-state index in [4.69, 9.17) is 9.97 Å². The van der Waals surface area contributed by atoms with Gasteiger partial charge < -0.3 is 5.11 Å². The first-order valence-electron chi connectivity index (χ1n) is 23.7. The summed E-state index contributed by atoms with van der Waals surface area (Å²) in [7, 11) is 0. The Hall–Kier alpha value is -6.35. The maximum atomic E-state index is 12.4. The van der Waals surface area contributed by atoms with Crippen molar-refractivity contribution in [3.63, 3.8) is 0 Å². The van der Waals surface area contributed by atoms with Crippen LogP contribution in [0.25, 0.3) is 83.9 Å². The minimum Gasteiger partial charge on any atom is -0.507 e. The average molecular weight is 1070 g/mol. The molecule has 0 fully saturated rings. The van der Waals surface area contributed by atoms with Gasteiger partial charge in [-0.15, -0.1) is 29.3 Å². The summed E-state index contributed by atoms with van der Waals surface area (Å²) < 4.78 is 2.28. The summed E-state index contributed by atoms with van der Waals surface area (Å²) in [6, 6.07) is 60.1. The molecule has 0 aliphatic carbocycles. The molecule has 0 amide bonds. The van der Waals surface area contributed by atoms with Crippen LogP contribution in [-0.2, 0) is 37.3 Å². The molecule has 7 aromatic carbocycles. The Morgan fingerprint density at radius 1 is 0.500 bits per heavy atom. The number of benzene rings is 7. The van der Waals surface area contributed by atoms with E-state index in [2.05, 4.69) is 245 Å². The zero-order chi connectivity index (χ0) is 47.4. The van der Waals surface area contributed by atoms with E-state index in [1.807, 2.05) is 6.20 Å². The Kier molecular flexibility index (Phi) is 13.2. The largest absolute Gasteiger partial charge is 0.507 e. The number of phenols is 1. The number of nitrogens with zero attached hydrogens (tertiary/aromatic N) is 3. The van der Waals surface area contributed by atoms with Crippen LogP contribution >= 0.6 is 0 Å². The van der Waals surface area contributed by atoms with Crippen LogP contribution in [0.15, 0.2) is 164 Å². The fourth-order valence-electron chi connectivity index (χ4n) is 9.04. The summed E-state index contributed by atoms with van der Waals surface area (Å²) in [6.45, 7) is 24.5. The molecule has 346 valence electrons. The van der Waals surface area contributed by atoms with Gasteiger partial charge in [-0.25, -0.2) is 4.98 Å². The molecule has 0 saturated heterocycles. The van der Waals surface area contributed by atoms with Crippen LogP contribution in [0.1, 0.15) is 104 Å². The zero-order valence-electron chi connectivity index (χ0n) is 41.3. The first-order valence-corrected chi connectivity index (χ1v) is 23.7. The van der Waals surface area contributed by atoms with Gasteiger partial charge in [0.1, 0.15) is 11.6 Å². The molecule has 0 aliphatic rings. The van der Waals surface area contributed by atoms with Crippen molar-refractivity contribution in [3.8, 4) is 78.6 Å². The molecule has 2 aromatic heterocycles. The molecule has 0 bridgehead atoms. The molecule has 9 aromatic rings. The van der Waals surface area contributed by atoms with Crippen LogP contribution < -0.4 is 0 Å². The van der Waals surface area contributed by atoms with Crippen molar-refractivity contribution >= 4 is 11.0 Å². The molecule has 0 aliphatic heterocycles. The van der Waals surface area contributed by atoms with Gasteiger partial charge in [0.05, 0.1) is 22.3 Å². The van der Waals surface area contributed by atoms with E-state index in [1.54, 1.807) is 0 Å². The second-order valence-corrected chi connectivity index (χ2v) is 21.5. The van der Waals surface area contributed by atoms with Gasteiger partial charge in [-0.2, -0.15) is 0 Å². The zero-order valence-corrected chi connectivity index (χ0v) is 43.5. The number of fused-ring (bicyclic) bond motifs is 1. The minimum atomic E-state index is -0.176. The van der Waals surface area contributed by atoms with E-state index in [-0.39, 0.29) is 49.0 Å². The molecule has 0 atom stereocenters. The average Bonchev–Trinajstić information content (AvgIpc) is 3.70. The quantitative estimate of drug-likeness (QED) is 0.154. The summed E-state index contributed by atoms with van der Waals surface area (Å²) in [5.41, 5.74) is 18.0. The van der Waals surface area contributed by atoms with Crippen LogP contribution in [0, 0.1) is 6.07 Å². The number of aromatic hydroxyl groups is 1. The number of hydrogen-bond acceptors (Lipinski definition) is 3. The Morgan fingerprint density at radius 2 is 1.06 bits per heavy atom. The van der Waals surface area contributed by atoms with Gasteiger partial charge in [-0.05, 0) is 103 Å². The summed E-state index contributed by atoms with van der Waals surface area (Å²) in [4.78, 5) is 10.7. The Morgan fingerprint density at radius 3 is 1.71 bits per heavy atom. The fourth-order valence-corrected chi connectivity index (χ4v) is 9.04. The third-order valence-electron chi connectivity index (χ3n) is 13.1. The van der Waals surface area contributed by atoms with Gasteiger partial charge in [0, 0.05) is 38.5 Å². The predicted molar refractivity (Wildman–Crippen MR) is 282 cm³/mol. The Balaban J connectivity index is 0.00000625. The fraction of sp³-hybridized carbons (Fsp3) is 0.238. The second-order valence-electron chi connectivity index (χ2n) is 21.5. The Bertz CT molecular complexity index is 3270. The van der Waals surface area contributed by atoms with Gasteiger partial charge in [-0.3, -0.25) is 9.55 Å². The van der Waals surface area contributed by atoms with E-state index in [0.717, 1.165) is 72.5 Å². The molecule has 0 spiro atoms. The van der Waals surface area contributed by atoms with Crippen LogP contribution in [0.2, 0.25) is 0 Å². The van der Waals surface area contributed by atoms with E-state index in [1.165, 1.54) is 22.3 Å². The summed E-state index contributed by atoms with van der Waals surface area (Å²) in [5, 5.41) is 12.4. The number of rotatable bonds is 8. The van der Waals surface area contributed by atoms with Crippen molar-refractivity contribution < 1.29 is 26.2 Å². The van der Waals surface area contributed by atoms with E-state index < -0.39 is 0 Å². The maximum absolute atomic E-state index is 12.4. The third-order valence-corrected chi connectivity index (χ3v) is 13.1. The third kappa shape index (κ3) is 9.54. The topological polar surface area (TPSA) is 50.9 Å². The van der Waals surface area contributed by atoms with Crippen molar-refractivity contribution in [1.29, 1.82) is 0 Å². The molecule has 68 heavy (non-hydrogen) atoms. The van der Waals surface area contributed by atoms with Crippen molar-refractivity contribution in [2.45, 2.75) is 98.3 Å². The Labute approximate surface area is 418 Å². The number of phenolic OH excluding ortho intramolecular Hbond substituents is 1. The van der Waals surface area contributed by atoms with Crippen molar-refractivity contribution in [1.82, 2.24) is 14.5 Å². The number of pyridine rings is 1. The van der Waals surface area contributed by atoms with Crippen LogP contribution in [0.5, 0.6) is 5.75 Å². The van der Waals surface area contributed by atoms with Gasteiger partial charge in [-0.1, -0.05) is 196 Å². The van der Waals surface area contributed by atoms with E-state index in [0.29, 0.717) is 11.4 Å². The van der Waals surface area contributed by atoms with Gasteiger partial charge in [0.2, 0.25) is 0 Å². The molecule has 0 unspecified atom stereocenters.